The van der Waals surface area contributed by atoms with E-state index in [9.17, 15) is 4.79 Å². The van der Waals surface area contributed by atoms with Crippen LogP contribution in [0.25, 0.3) is 0 Å². The van der Waals surface area contributed by atoms with Gasteiger partial charge >= 0.3 is 5.97 Å². The molecule has 1 aromatic rings. The summed E-state index contributed by atoms with van der Waals surface area (Å²) in [6, 6.07) is 3.98. The lowest BCUT2D eigenvalue weighted by atomic mass is 10.2. The molecule has 0 amide bonds. The van der Waals surface area contributed by atoms with Crippen molar-refractivity contribution in [2.75, 3.05) is 0 Å². The third kappa shape index (κ3) is 1.26. The summed E-state index contributed by atoms with van der Waals surface area (Å²) in [6.45, 7) is 2.01. The molecule has 0 aliphatic heterocycles. The van der Waals surface area contributed by atoms with Crippen molar-refractivity contribution in [3.05, 3.63) is 21.9 Å². The van der Waals surface area contributed by atoms with E-state index in [0.717, 1.165) is 4.88 Å². The van der Waals surface area contributed by atoms with Gasteiger partial charge in [0, 0.05) is 15.7 Å². The molecule has 1 aliphatic carbocycles. The summed E-state index contributed by atoms with van der Waals surface area (Å²) in [4.78, 5) is 13.1. The molecule has 1 heterocycles. The average Bonchev–Trinajstić information content (AvgIpc) is 2.55. The summed E-state index contributed by atoms with van der Waals surface area (Å²) >= 11 is 1.63. The van der Waals surface area contributed by atoms with Crippen LogP contribution in [0.5, 0.6) is 0 Å². The predicted octanol–water partition coefficient (Wildman–Crippen LogP) is 1.33. The van der Waals surface area contributed by atoms with Gasteiger partial charge in [-0.3, -0.25) is 4.79 Å². The topological polar surface area (TPSA) is 63.3 Å². The lowest BCUT2D eigenvalue weighted by Gasteiger charge is -2.02. The second-order valence-corrected chi connectivity index (χ2v) is 4.87. The second kappa shape index (κ2) is 2.56. The first-order chi connectivity index (χ1) is 6.04. The van der Waals surface area contributed by atoms with Crippen LogP contribution in [-0.4, -0.2) is 16.6 Å². The van der Waals surface area contributed by atoms with Crippen LogP contribution >= 0.6 is 11.3 Å². The van der Waals surface area contributed by atoms with Crippen molar-refractivity contribution < 1.29 is 9.90 Å². The van der Waals surface area contributed by atoms with E-state index in [0.29, 0.717) is 6.42 Å². The van der Waals surface area contributed by atoms with E-state index in [4.69, 9.17) is 10.8 Å². The van der Waals surface area contributed by atoms with Crippen LogP contribution in [0.4, 0.5) is 0 Å². The fraction of sp³-hybridized carbons (Fsp3) is 0.444. The number of hydrogen-bond acceptors (Lipinski definition) is 3. The van der Waals surface area contributed by atoms with Gasteiger partial charge in [-0.05, 0) is 25.5 Å². The van der Waals surface area contributed by atoms with E-state index in [2.05, 4.69) is 0 Å². The minimum absolute atomic E-state index is 0.0312. The van der Waals surface area contributed by atoms with Crippen molar-refractivity contribution in [1.29, 1.82) is 0 Å². The summed E-state index contributed by atoms with van der Waals surface area (Å²) < 4.78 is 0. The Bertz CT molecular complexity index is 360. The number of carboxylic acid groups (broad SMARTS) is 1. The number of aryl methyl sites for hydroxylation is 1. The predicted molar refractivity (Wildman–Crippen MR) is 51.0 cm³/mol. The third-order valence-corrected chi connectivity index (χ3v) is 3.62. The molecule has 0 radical (unpaired) electrons. The Labute approximate surface area is 80.2 Å². The average molecular weight is 197 g/mol. The Balaban J connectivity index is 2.20. The van der Waals surface area contributed by atoms with Gasteiger partial charge in [0.1, 0.15) is 5.54 Å². The van der Waals surface area contributed by atoms with Gasteiger partial charge in [-0.1, -0.05) is 0 Å². The van der Waals surface area contributed by atoms with Crippen molar-refractivity contribution in [3.63, 3.8) is 0 Å². The Morgan fingerprint density at radius 2 is 2.46 bits per heavy atom. The van der Waals surface area contributed by atoms with Crippen molar-refractivity contribution in [1.82, 2.24) is 0 Å². The molecule has 13 heavy (non-hydrogen) atoms. The smallest absolute Gasteiger partial charge is 0.324 e. The molecule has 3 nitrogen and oxygen atoms in total. The van der Waals surface area contributed by atoms with E-state index in [-0.39, 0.29) is 5.92 Å². The van der Waals surface area contributed by atoms with E-state index in [1.165, 1.54) is 4.88 Å². The zero-order chi connectivity index (χ0) is 9.64. The molecule has 2 atom stereocenters. The number of nitrogens with two attached hydrogens (primary N) is 1. The molecule has 0 bridgehead atoms. The van der Waals surface area contributed by atoms with Crippen LogP contribution in [0.1, 0.15) is 22.1 Å². The molecule has 0 saturated heterocycles. The second-order valence-electron chi connectivity index (χ2n) is 3.55. The molecule has 0 spiro atoms. The Kier molecular flexibility index (Phi) is 1.72. The molecule has 0 unspecified atom stereocenters. The minimum atomic E-state index is -0.989. The highest BCUT2D eigenvalue weighted by Crippen LogP contribution is 2.51. The Morgan fingerprint density at radius 1 is 1.77 bits per heavy atom. The fourth-order valence-electron chi connectivity index (χ4n) is 1.51. The summed E-state index contributed by atoms with van der Waals surface area (Å²) in [7, 11) is 0. The molecular formula is C9H11NO2S. The van der Waals surface area contributed by atoms with Gasteiger partial charge in [0.2, 0.25) is 0 Å². The molecule has 70 valence electrons. The van der Waals surface area contributed by atoms with Gasteiger partial charge < -0.3 is 10.8 Å². The standard InChI is InChI=1S/C9H11NO2S/c1-5-2-3-7(13-5)6-4-9(6,10)8(11)12/h2-3,6H,4,10H2,1H3,(H,11,12)/t6-,9+/m0/s1. The van der Waals surface area contributed by atoms with Gasteiger partial charge in [0.05, 0.1) is 0 Å². The maximum atomic E-state index is 10.8. The molecule has 2 rings (SSSR count). The van der Waals surface area contributed by atoms with Crippen LogP contribution in [0, 0.1) is 6.92 Å². The van der Waals surface area contributed by atoms with Gasteiger partial charge in [-0.25, -0.2) is 0 Å². The minimum Gasteiger partial charge on any atom is -0.480 e. The molecule has 3 N–H and O–H groups in total. The molecule has 4 heteroatoms. The van der Waals surface area contributed by atoms with Crippen LogP contribution < -0.4 is 5.73 Å². The Morgan fingerprint density at radius 3 is 2.85 bits per heavy atom. The van der Waals surface area contributed by atoms with E-state index < -0.39 is 11.5 Å². The van der Waals surface area contributed by atoms with Gasteiger partial charge in [0.25, 0.3) is 0 Å². The van der Waals surface area contributed by atoms with E-state index in [1.54, 1.807) is 11.3 Å². The van der Waals surface area contributed by atoms with E-state index >= 15 is 0 Å². The van der Waals surface area contributed by atoms with Crippen molar-refractivity contribution >= 4 is 17.3 Å². The van der Waals surface area contributed by atoms with Crippen LogP contribution in [0.3, 0.4) is 0 Å². The SMILES string of the molecule is Cc1ccc([C@@H]2C[C@]2(N)C(=O)O)s1. The largest absolute Gasteiger partial charge is 0.480 e. The summed E-state index contributed by atoms with van der Waals surface area (Å²) in [5.74, 6) is -0.854. The molecule has 1 aliphatic rings. The first-order valence-corrected chi connectivity index (χ1v) is 4.94. The quantitative estimate of drug-likeness (QED) is 0.751. The van der Waals surface area contributed by atoms with Gasteiger partial charge in [0.15, 0.2) is 0 Å². The van der Waals surface area contributed by atoms with E-state index in [1.807, 2.05) is 19.1 Å². The maximum Gasteiger partial charge on any atom is 0.324 e. The summed E-state index contributed by atoms with van der Waals surface area (Å²) in [5, 5.41) is 8.83. The highest BCUT2D eigenvalue weighted by atomic mass is 32.1. The molecule has 1 aromatic heterocycles. The first-order valence-electron chi connectivity index (χ1n) is 4.12. The van der Waals surface area contributed by atoms with Crippen LogP contribution in [-0.2, 0) is 4.79 Å². The maximum absolute atomic E-state index is 10.8. The Hall–Kier alpha value is -0.870. The number of carboxylic acids is 1. The van der Waals surface area contributed by atoms with Gasteiger partial charge in [-0.15, -0.1) is 11.3 Å². The van der Waals surface area contributed by atoms with Crippen molar-refractivity contribution in [2.45, 2.75) is 24.8 Å². The number of hydrogen-bond donors (Lipinski definition) is 2. The molecule has 1 saturated carbocycles. The number of thiophene rings is 1. The number of carbonyl (C=O) groups is 1. The lowest BCUT2D eigenvalue weighted by molar-refractivity contribution is -0.139. The molecular weight excluding hydrogens is 186 g/mol. The zero-order valence-electron chi connectivity index (χ0n) is 7.28. The first kappa shape index (κ1) is 8.72. The highest BCUT2D eigenvalue weighted by molar-refractivity contribution is 7.12. The number of aliphatic carboxylic acids is 1. The fourth-order valence-corrected chi connectivity index (χ4v) is 2.59. The summed E-state index contributed by atoms with van der Waals surface area (Å²) in [6.07, 6.45) is 0.572. The van der Waals surface area contributed by atoms with Crippen molar-refractivity contribution in [2.24, 2.45) is 5.73 Å². The normalized spacial score (nSPS) is 31.7. The van der Waals surface area contributed by atoms with Gasteiger partial charge in [-0.2, -0.15) is 0 Å². The van der Waals surface area contributed by atoms with Crippen molar-refractivity contribution in [3.8, 4) is 0 Å². The van der Waals surface area contributed by atoms with Crippen LogP contribution in [0.15, 0.2) is 12.1 Å². The van der Waals surface area contributed by atoms with Crippen LogP contribution in [0.2, 0.25) is 0 Å². The third-order valence-electron chi connectivity index (χ3n) is 2.51. The summed E-state index contributed by atoms with van der Waals surface area (Å²) in [5.41, 5.74) is 4.69. The number of rotatable bonds is 2. The monoisotopic (exact) mass is 197 g/mol. The molecule has 1 fully saturated rings. The zero-order valence-corrected chi connectivity index (χ0v) is 8.10. The highest BCUT2D eigenvalue weighted by Gasteiger charge is 2.58. The lowest BCUT2D eigenvalue weighted by Crippen LogP contribution is -2.34. The molecule has 0 aromatic carbocycles.